The molecule has 0 aliphatic carbocycles. The van der Waals surface area contributed by atoms with Crippen molar-refractivity contribution in [3.05, 3.63) is 0 Å². The lowest BCUT2D eigenvalue weighted by Gasteiger charge is -2.21. The van der Waals surface area contributed by atoms with E-state index in [1.807, 2.05) is 0 Å². The Morgan fingerprint density at radius 3 is 0.732 bits per heavy atom. The van der Waals surface area contributed by atoms with Crippen molar-refractivity contribution < 1.29 is 80.2 Å². The van der Waals surface area contributed by atoms with Gasteiger partial charge in [0.25, 0.3) is 0 Å². The maximum atomic E-state index is 13.1. The van der Waals surface area contributed by atoms with E-state index in [1.54, 1.807) is 0 Å². The summed E-state index contributed by atoms with van der Waals surface area (Å²) in [7, 11) is -9.91. The summed E-state index contributed by atoms with van der Waals surface area (Å²) in [6.45, 7) is 14.1. The van der Waals surface area contributed by atoms with Crippen molar-refractivity contribution >= 4 is 39.5 Å². The molecule has 97 heavy (non-hydrogen) atoms. The van der Waals surface area contributed by atoms with E-state index < -0.39 is 97.5 Å². The van der Waals surface area contributed by atoms with Gasteiger partial charge in [-0.2, -0.15) is 0 Å². The molecule has 0 bridgehead atoms. The summed E-state index contributed by atoms with van der Waals surface area (Å²) in [5.41, 5.74) is 0. The molecule has 0 aliphatic rings. The van der Waals surface area contributed by atoms with Crippen LogP contribution >= 0.6 is 15.6 Å². The first-order valence-electron chi connectivity index (χ1n) is 40.2. The van der Waals surface area contributed by atoms with E-state index in [9.17, 15) is 43.2 Å². The van der Waals surface area contributed by atoms with Gasteiger partial charge in [-0.1, -0.05) is 344 Å². The van der Waals surface area contributed by atoms with Crippen molar-refractivity contribution in [2.24, 2.45) is 23.7 Å². The molecule has 0 aromatic carbocycles. The predicted octanol–water partition coefficient (Wildman–Crippen LogP) is 22.8. The van der Waals surface area contributed by atoms with Crippen molar-refractivity contribution in [1.29, 1.82) is 0 Å². The van der Waals surface area contributed by atoms with Crippen molar-refractivity contribution in [3.8, 4) is 0 Å². The average Bonchev–Trinajstić information content (AvgIpc) is 3.32. The number of carbonyl (C=O) groups excluding carboxylic acids is 4. The highest BCUT2D eigenvalue weighted by atomic mass is 31.2. The smallest absolute Gasteiger partial charge is 0.462 e. The molecule has 576 valence electrons. The first-order chi connectivity index (χ1) is 46.6. The average molecular weight is 1420 g/mol. The fourth-order valence-corrected chi connectivity index (χ4v) is 13.5. The van der Waals surface area contributed by atoms with Crippen LogP contribution in [0.3, 0.4) is 0 Å². The molecule has 0 fully saturated rings. The third kappa shape index (κ3) is 70.9. The molecule has 3 N–H and O–H groups in total. The topological polar surface area (TPSA) is 237 Å². The second-order valence-corrected chi connectivity index (χ2v) is 32.7. The van der Waals surface area contributed by atoms with E-state index in [0.29, 0.717) is 31.6 Å². The number of phosphoric ester groups is 2. The Hall–Kier alpha value is -1.94. The third-order valence-electron chi connectivity index (χ3n) is 18.4. The Morgan fingerprint density at radius 1 is 0.289 bits per heavy atom. The molecule has 0 saturated heterocycles. The zero-order valence-corrected chi connectivity index (χ0v) is 65.5. The lowest BCUT2D eigenvalue weighted by atomic mass is 10.00. The summed E-state index contributed by atoms with van der Waals surface area (Å²) in [5, 5.41) is 10.6. The highest BCUT2D eigenvalue weighted by molar-refractivity contribution is 7.47. The third-order valence-corrected chi connectivity index (χ3v) is 20.3. The van der Waals surface area contributed by atoms with E-state index in [0.717, 1.165) is 114 Å². The zero-order valence-electron chi connectivity index (χ0n) is 63.7. The Balaban J connectivity index is 5.19. The summed E-state index contributed by atoms with van der Waals surface area (Å²) >= 11 is 0. The van der Waals surface area contributed by atoms with Crippen molar-refractivity contribution in [2.45, 2.75) is 414 Å². The summed E-state index contributed by atoms with van der Waals surface area (Å²) in [5.74, 6) is 0.895. The molecule has 0 radical (unpaired) electrons. The van der Waals surface area contributed by atoms with Gasteiger partial charge < -0.3 is 33.8 Å². The van der Waals surface area contributed by atoms with Crippen molar-refractivity contribution in [3.63, 3.8) is 0 Å². The molecular weight excluding hydrogens is 1270 g/mol. The molecular formula is C78H152O17P2. The predicted molar refractivity (Wildman–Crippen MR) is 395 cm³/mol. The quantitative estimate of drug-likeness (QED) is 0.0222. The van der Waals surface area contributed by atoms with Gasteiger partial charge in [-0.15, -0.1) is 0 Å². The molecule has 0 aromatic rings. The van der Waals surface area contributed by atoms with E-state index in [1.165, 1.54) is 193 Å². The van der Waals surface area contributed by atoms with E-state index in [4.69, 9.17) is 37.0 Å². The Labute approximate surface area is 594 Å². The minimum atomic E-state index is -4.96. The number of hydrogen-bond donors (Lipinski definition) is 3. The molecule has 0 aliphatic heterocycles. The van der Waals surface area contributed by atoms with Gasteiger partial charge in [-0.05, 0) is 49.4 Å². The van der Waals surface area contributed by atoms with Gasteiger partial charge in [0.15, 0.2) is 12.2 Å². The lowest BCUT2D eigenvalue weighted by Crippen LogP contribution is -2.30. The zero-order chi connectivity index (χ0) is 71.7. The monoisotopic (exact) mass is 1420 g/mol. The number of phosphoric acid groups is 2. The number of aliphatic hydroxyl groups excluding tert-OH is 1. The number of hydrogen-bond acceptors (Lipinski definition) is 15. The van der Waals surface area contributed by atoms with Gasteiger partial charge in [0.05, 0.1) is 26.4 Å². The number of rotatable bonds is 75. The molecule has 3 unspecified atom stereocenters. The van der Waals surface area contributed by atoms with Crippen LogP contribution < -0.4 is 0 Å². The van der Waals surface area contributed by atoms with E-state index in [-0.39, 0.29) is 25.7 Å². The van der Waals surface area contributed by atoms with E-state index >= 15 is 0 Å². The maximum Gasteiger partial charge on any atom is 0.472 e. The number of esters is 4. The largest absolute Gasteiger partial charge is 0.472 e. The van der Waals surface area contributed by atoms with Gasteiger partial charge in [-0.3, -0.25) is 37.3 Å². The lowest BCUT2D eigenvalue weighted by molar-refractivity contribution is -0.161. The highest BCUT2D eigenvalue weighted by Crippen LogP contribution is 2.45. The van der Waals surface area contributed by atoms with Crippen LogP contribution in [0.4, 0.5) is 0 Å². The van der Waals surface area contributed by atoms with Gasteiger partial charge in [0, 0.05) is 25.7 Å². The fraction of sp³-hybridized carbons (Fsp3) is 0.949. The van der Waals surface area contributed by atoms with Crippen LogP contribution in [0.2, 0.25) is 0 Å². The number of unbranched alkanes of at least 4 members (excludes halogenated alkanes) is 40. The fourth-order valence-electron chi connectivity index (χ4n) is 11.9. The molecule has 6 atom stereocenters. The summed E-state index contributed by atoms with van der Waals surface area (Å²) in [6.07, 6.45) is 53.1. The minimum absolute atomic E-state index is 0.101. The van der Waals surface area contributed by atoms with Crippen LogP contribution in [0, 0.1) is 23.7 Å². The summed E-state index contributed by atoms with van der Waals surface area (Å²) < 4.78 is 68.5. The van der Waals surface area contributed by atoms with Crippen molar-refractivity contribution in [1.82, 2.24) is 0 Å². The summed E-state index contributed by atoms with van der Waals surface area (Å²) in [6, 6.07) is 0. The van der Waals surface area contributed by atoms with Gasteiger partial charge in [0.1, 0.15) is 19.3 Å². The van der Waals surface area contributed by atoms with E-state index in [2.05, 4.69) is 55.4 Å². The second kappa shape index (κ2) is 67.2. The minimum Gasteiger partial charge on any atom is -0.462 e. The molecule has 0 heterocycles. The SMILES string of the molecule is CCC(C)CCCCCCCCC(=O)OC[C@H](COP(=O)(O)OC[C@H](O)COP(=O)(O)OC[C@@H](COC(=O)CCCCCCCCCCCCCCCCC(C)C)OC(=O)CCCCCCCCCCCCCCCCCCCCC(C)C)OC(=O)CCCCCCCCC(C)C. The first kappa shape index (κ1) is 95.1. The summed E-state index contributed by atoms with van der Waals surface area (Å²) in [4.78, 5) is 72.8. The van der Waals surface area contributed by atoms with Crippen LogP contribution in [0.1, 0.15) is 396 Å². The van der Waals surface area contributed by atoms with Crippen LogP contribution in [0.25, 0.3) is 0 Å². The first-order valence-corrected chi connectivity index (χ1v) is 43.2. The highest BCUT2D eigenvalue weighted by Gasteiger charge is 2.30. The van der Waals surface area contributed by atoms with Crippen LogP contribution in [0.15, 0.2) is 0 Å². The van der Waals surface area contributed by atoms with Crippen LogP contribution in [-0.4, -0.2) is 96.7 Å². The van der Waals surface area contributed by atoms with Gasteiger partial charge >= 0.3 is 39.5 Å². The second-order valence-electron chi connectivity index (χ2n) is 29.8. The molecule has 0 rings (SSSR count). The standard InChI is InChI=1S/C78H152O17P2/c1-9-71(8)57-49-41-35-37-43-51-59-76(81)89-65-74(95-78(83)61-53-45-36-34-40-48-56-70(6)7)67-93-97(86,87)91-63-72(79)62-90-96(84,85)92-66-73(64-88-75(80)58-50-42-32-28-24-20-17-16-19-23-27-31-39-47-55-69(4)5)94-77(82)60-52-44-33-29-25-21-15-13-11-10-12-14-18-22-26-30-38-46-54-68(2)3/h68-74,79H,9-67H2,1-8H3,(H,84,85)(H,86,87)/t71?,72-,73-,74-/m1/s1. The van der Waals surface area contributed by atoms with Crippen LogP contribution in [-0.2, 0) is 65.4 Å². The molecule has 0 amide bonds. The van der Waals surface area contributed by atoms with Gasteiger partial charge in [0.2, 0.25) is 0 Å². The number of carbonyl (C=O) groups is 4. The molecule has 0 spiro atoms. The molecule has 0 saturated carbocycles. The number of ether oxygens (including phenoxy) is 4. The number of aliphatic hydroxyl groups is 1. The molecule has 0 aromatic heterocycles. The molecule has 17 nitrogen and oxygen atoms in total. The van der Waals surface area contributed by atoms with Gasteiger partial charge in [-0.25, -0.2) is 9.13 Å². The maximum absolute atomic E-state index is 13.1. The Bertz CT molecular complexity index is 1900. The molecule has 19 heteroatoms. The normalized spacial score (nSPS) is 14.4. The van der Waals surface area contributed by atoms with Crippen molar-refractivity contribution in [2.75, 3.05) is 39.6 Å². The van der Waals surface area contributed by atoms with Crippen LogP contribution in [0.5, 0.6) is 0 Å². The Kier molecular flexibility index (Phi) is 65.9. The Morgan fingerprint density at radius 2 is 0.495 bits per heavy atom.